The van der Waals surface area contributed by atoms with E-state index >= 15 is 0 Å². The van der Waals surface area contributed by atoms with Gasteiger partial charge in [-0.2, -0.15) is 0 Å². The third-order valence-electron chi connectivity index (χ3n) is 3.54. The first-order valence-electron chi connectivity index (χ1n) is 6.71. The Kier molecular flexibility index (Phi) is 4.91. The SMILES string of the molecule is CN(CC1CCOCC1)C(=O)Cc1cccc(F)c1. The van der Waals surface area contributed by atoms with Gasteiger partial charge in [-0.3, -0.25) is 4.79 Å². The van der Waals surface area contributed by atoms with Crippen LogP contribution in [-0.4, -0.2) is 37.6 Å². The maximum atomic E-state index is 13.1. The molecule has 0 aliphatic carbocycles. The maximum absolute atomic E-state index is 13.1. The summed E-state index contributed by atoms with van der Waals surface area (Å²) in [5.74, 6) is 0.268. The number of hydrogen-bond donors (Lipinski definition) is 0. The standard InChI is InChI=1S/C15H20FNO2/c1-17(11-12-5-7-19-8-6-12)15(18)10-13-3-2-4-14(16)9-13/h2-4,9,12H,5-8,10-11H2,1H3. The molecule has 2 rings (SSSR count). The average molecular weight is 265 g/mol. The second-order valence-corrected chi connectivity index (χ2v) is 5.14. The van der Waals surface area contributed by atoms with Gasteiger partial charge in [-0.05, 0) is 36.5 Å². The minimum absolute atomic E-state index is 0.0390. The van der Waals surface area contributed by atoms with Gasteiger partial charge in [0.1, 0.15) is 5.82 Å². The molecule has 0 spiro atoms. The Morgan fingerprint density at radius 3 is 2.84 bits per heavy atom. The summed E-state index contributed by atoms with van der Waals surface area (Å²) in [6.07, 6.45) is 2.28. The summed E-state index contributed by atoms with van der Waals surface area (Å²) in [5, 5.41) is 0. The number of benzene rings is 1. The lowest BCUT2D eigenvalue weighted by atomic mass is 9.99. The summed E-state index contributed by atoms with van der Waals surface area (Å²) >= 11 is 0. The highest BCUT2D eigenvalue weighted by Gasteiger charge is 2.18. The molecule has 0 radical (unpaired) electrons. The van der Waals surface area contributed by atoms with Gasteiger partial charge >= 0.3 is 0 Å². The van der Waals surface area contributed by atoms with Crippen LogP contribution in [0.2, 0.25) is 0 Å². The van der Waals surface area contributed by atoms with Crippen LogP contribution < -0.4 is 0 Å². The molecule has 0 N–H and O–H groups in total. The van der Waals surface area contributed by atoms with Crippen LogP contribution in [0, 0.1) is 11.7 Å². The molecule has 1 aromatic rings. The smallest absolute Gasteiger partial charge is 0.226 e. The Morgan fingerprint density at radius 1 is 1.42 bits per heavy atom. The molecule has 1 heterocycles. The number of hydrogen-bond acceptors (Lipinski definition) is 2. The van der Waals surface area contributed by atoms with Crippen LogP contribution in [0.4, 0.5) is 4.39 Å². The predicted octanol–water partition coefficient (Wildman–Crippen LogP) is 2.25. The molecule has 1 aromatic carbocycles. The zero-order valence-electron chi connectivity index (χ0n) is 11.3. The van der Waals surface area contributed by atoms with E-state index in [1.54, 1.807) is 17.0 Å². The van der Waals surface area contributed by atoms with Gasteiger partial charge in [-0.25, -0.2) is 4.39 Å². The molecule has 0 bridgehead atoms. The van der Waals surface area contributed by atoms with Crippen molar-refractivity contribution in [2.24, 2.45) is 5.92 Å². The molecule has 104 valence electrons. The molecule has 0 atom stereocenters. The van der Waals surface area contributed by atoms with E-state index in [1.165, 1.54) is 12.1 Å². The molecule has 3 nitrogen and oxygen atoms in total. The quantitative estimate of drug-likeness (QED) is 0.835. The van der Waals surface area contributed by atoms with Crippen molar-refractivity contribution in [2.75, 3.05) is 26.8 Å². The van der Waals surface area contributed by atoms with Crippen LogP contribution in [0.15, 0.2) is 24.3 Å². The van der Waals surface area contributed by atoms with Crippen molar-refractivity contribution in [2.45, 2.75) is 19.3 Å². The second kappa shape index (κ2) is 6.66. The van der Waals surface area contributed by atoms with E-state index in [0.29, 0.717) is 5.92 Å². The first kappa shape index (κ1) is 14.0. The summed E-state index contributed by atoms with van der Waals surface area (Å²) in [5.41, 5.74) is 0.726. The van der Waals surface area contributed by atoms with Gasteiger partial charge in [-0.15, -0.1) is 0 Å². The molecule has 19 heavy (non-hydrogen) atoms. The average Bonchev–Trinajstić information content (AvgIpc) is 2.40. The number of halogens is 1. The number of rotatable bonds is 4. The fraction of sp³-hybridized carbons (Fsp3) is 0.533. The molecule has 1 fully saturated rings. The van der Waals surface area contributed by atoms with Crippen molar-refractivity contribution in [1.29, 1.82) is 0 Å². The normalized spacial score (nSPS) is 16.3. The molecule has 0 aromatic heterocycles. The van der Waals surface area contributed by atoms with Gasteiger partial charge in [0, 0.05) is 26.8 Å². The first-order chi connectivity index (χ1) is 9.15. The molecule has 4 heteroatoms. The lowest BCUT2D eigenvalue weighted by Crippen LogP contribution is -2.35. The van der Waals surface area contributed by atoms with Gasteiger partial charge in [0.2, 0.25) is 5.91 Å². The van der Waals surface area contributed by atoms with E-state index in [2.05, 4.69) is 0 Å². The first-order valence-corrected chi connectivity index (χ1v) is 6.71. The van der Waals surface area contributed by atoms with E-state index in [0.717, 1.165) is 38.2 Å². The van der Waals surface area contributed by atoms with Crippen molar-refractivity contribution in [3.8, 4) is 0 Å². The van der Waals surface area contributed by atoms with E-state index in [4.69, 9.17) is 4.74 Å². The van der Waals surface area contributed by atoms with Gasteiger partial charge in [-0.1, -0.05) is 12.1 Å². The van der Waals surface area contributed by atoms with E-state index in [1.807, 2.05) is 7.05 Å². The molecule has 1 saturated heterocycles. The third-order valence-corrected chi connectivity index (χ3v) is 3.54. The Morgan fingerprint density at radius 2 is 2.16 bits per heavy atom. The highest BCUT2D eigenvalue weighted by atomic mass is 19.1. The van der Waals surface area contributed by atoms with Crippen LogP contribution in [0.3, 0.4) is 0 Å². The molecular formula is C15H20FNO2. The van der Waals surface area contributed by atoms with Crippen molar-refractivity contribution in [1.82, 2.24) is 4.90 Å². The Labute approximate surface area is 113 Å². The zero-order valence-corrected chi connectivity index (χ0v) is 11.3. The summed E-state index contributed by atoms with van der Waals surface area (Å²) in [7, 11) is 1.82. The summed E-state index contributed by atoms with van der Waals surface area (Å²) in [4.78, 5) is 13.8. The topological polar surface area (TPSA) is 29.5 Å². The zero-order chi connectivity index (χ0) is 13.7. The Balaban J connectivity index is 1.84. The van der Waals surface area contributed by atoms with E-state index in [9.17, 15) is 9.18 Å². The number of likely N-dealkylation sites (N-methyl/N-ethyl adjacent to an activating group) is 1. The maximum Gasteiger partial charge on any atom is 0.226 e. The van der Waals surface area contributed by atoms with Gasteiger partial charge in [0.05, 0.1) is 6.42 Å². The van der Waals surface area contributed by atoms with E-state index in [-0.39, 0.29) is 18.1 Å². The number of carbonyl (C=O) groups is 1. The van der Waals surface area contributed by atoms with Crippen LogP contribution in [0.5, 0.6) is 0 Å². The van der Waals surface area contributed by atoms with Crippen LogP contribution >= 0.6 is 0 Å². The molecule has 0 saturated carbocycles. The molecular weight excluding hydrogens is 245 g/mol. The van der Waals surface area contributed by atoms with Crippen LogP contribution in [0.25, 0.3) is 0 Å². The number of ether oxygens (including phenoxy) is 1. The van der Waals surface area contributed by atoms with E-state index < -0.39 is 0 Å². The lowest BCUT2D eigenvalue weighted by Gasteiger charge is -2.27. The minimum atomic E-state index is -0.294. The molecule has 1 amide bonds. The summed E-state index contributed by atoms with van der Waals surface area (Å²) in [6.45, 7) is 2.34. The number of amides is 1. The third kappa shape index (κ3) is 4.31. The fourth-order valence-electron chi connectivity index (χ4n) is 2.37. The van der Waals surface area contributed by atoms with Crippen LogP contribution in [-0.2, 0) is 16.0 Å². The Hall–Kier alpha value is -1.42. The summed E-state index contributed by atoms with van der Waals surface area (Å²) < 4.78 is 18.4. The second-order valence-electron chi connectivity index (χ2n) is 5.14. The van der Waals surface area contributed by atoms with Crippen LogP contribution in [0.1, 0.15) is 18.4 Å². The fourth-order valence-corrected chi connectivity index (χ4v) is 2.37. The largest absolute Gasteiger partial charge is 0.381 e. The molecule has 0 unspecified atom stereocenters. The lowest BCUT2D eigenvalue weighted by molar-refractivity contribution is -0.130. The summed E-state index contributed by atoms with van der Waals surface area (Å²) in [6, 6.07) is 6.22. The monoisotopic (exact) mass is 265 g/mol. The Bertz CT molecular complexity index is 430. The highest BCUT2D eigenvalue weighted by Crippen LogP contribution is 2.16. The number of nitrogens with zero attached hydrogens (tertiary/aromatic N) is 1. The molecule has 1 aliphatic heterocycles. The van der Waals surface area contributed by atoms with Gasteiger partial charge < -0.3 is 9.64 Å². The predicted molar refractivity (Wildman–Crippen MR) is 71.3 cm³/mol. The van der Waals surface area contributed by atoms with Crippen molar-refractivity contribution in [3.63, 3.8) is 0 Å². The van der Waals surface area contributed by atoms with Crippen molar-refractivity contribution in [3.05, 3.63) is 35.6 Å². The minimum Gasteiger partial charge on any atom is -0.381 e. The highest BCUT2D eigenvalue weighted by molar-refractivity contribution is 5.78. The molecule has 1 aliphatic rings. The van der Waals surface area contributed by atoms with Gasteiger partial charge in [0.25, 0.3) is 0 Å². The number of carbonyl (C=O) groups excluding carboxylic acids is 1. The van der Waals surface area contributed by atoms with Crippen molar-refractivity contribution >= 4 is 5.91 Å². The van der Waals surface area contributed by atoms with Crippen molar-refractivity contribution < 1.29 is 13.9 Å². The van der Waals surface area contributed by atoms with Gasteiger partial charge in [0.15, 0.2) is 0 Å².